The molecular formula is C14H24N4O5S. The Balaban J connectivity index is 2.72. The van der Waals surface area contributed by atoms with Gasteiger partial charge in [0.1, 0.15) is 5.54 Å². The van der Waals surface area contributed by atoms with E-state index < -0.39 is 23.3 Å². The molecule has 0 spiro atoms. The number of carbonyl (C=O) groups is 2. The molecule has 136 valence electrons. The average molecular weight is 360 g/mol. The number of unbranched alkanes of at least 4 members (excludes halogenated alkanes) is 1. The Bertz CT molecular complexity index is 627. The Morgan fingerprint density at radius 3 is 2.54 bits per heavy atom. The number of thioether (sulfide) groups is 1. The number of rotatable bonds is 9. The van der Waals surface area contributed by atoms with Gasteiger partial charge in [0.15, 0.2) is 5.82 Å². The fourth-order valence-corrected chi connectivity index (χ4v) is 3.07. The van der Waals surface area contributed by atoms with Crippen molar-refractivity contribution in [2.75, 3.05) is 26.1 Å². The number of amides is 2. The Morgan fingerprint density at radius 1 is 1.42 bits per heavy atom. The summed E-state index contributed by atoms with van der Waals surface area (Å²) in [6.45, 7) is 2.06. The molecule has 1 aromatic heterocycles. The van der Waals surface area contributed by atoms with Gasteiger partial charge >= 0.3 is 17.8 Å². The van der Waals surface area contributed by atoms with Crippen LogP contribution in [-0.4, -0.2) is 63.4 Å². The molecule has 0 radical (unpaired) electrons. The van der Waals surface area contributed by atoms with Crippen molar-refractivity contribution < 1.29 is 19.2 Å². The highest BCUT2D eigenvalue weighted by Gasteiger charge is 2.39. The number of nitrogens with one attached hydrogen (secondary N) is 1. The lowest BCUT2D eigenvalue weighted by Gasteiger charge is -2.31. The van der Waals surface area contributed by atoms with Gasteiger partial charge in [0.2, 0.25) is 0 Å². The number of carboxylic acid groups (broad SMARTS) is 1. The number of carbonyl (C=O) groups excluding carboxylic acids is 1. The van der Waals surface area contributed by atoms with E-state index in [-0.39, 0.29) is 12.2 Å². The highest BCUT2D eigenvalue weighted by molar-refractivity contribution is 7.98. The van der Waals surface area contributed by atoms with Gasteiger partial charge in [0.25, 0.3) is 0 Å². The van der Waals surface area contributed by atoms with Crippen LogP contribution in [0, 0.1) is 6.92 Å². The Morgan fingerprint density at radius 2 is 2.08 bits per heavy atom. The molecule has 1 aromatic rings. The van der Waals surface area contributed by atoms with Gasteiger partial charge in [-0.15, -0.1) is 0 Å². The molecule has 0 unspecified atom stereocenters. The van der Waals surface area contributed by atoms with Crippen LogP contribution in [0.25, 0.3) is 0 Å². The molecule has 0 fully saturated rings. The quantitative estimate of drug-likeness (QED) is 0.625. The Labute approximate surface area is 144 Å². The molecular weight excluding hydrogens is 336 g/mol. The maximum Gasteiger partial charge on any atom is 0.441 e. The van der Waals surface area contributed by atoms with Crippen LogP contribution < -0.4 is 11.1 Å². The van der Waals surface area contributed by atoms with Crippen LogP contribution in [0.15, 0.2) is 9.32 Å². The first-order valence-electron chi connectivity index (χ1n) is 7.48. The topological polar surface area (TPSA) is 118 Å². The van der Waals surface area contributed by atoms with Crippen molar-refractivity contribution in [3.8, 4) is 0 Å². The van der Waals surface area contributed by atoms with Gasteiger partial charge in [0.05, 0.1) is 0 Å². The summed E-state index contributed by atoms with van der Waals surface area (Å²) in [6.07, 6.45) is 3.15. The monoisotopic (exact) mass is 360 g/mol. The second-order valence-electron chi connectivity index (χ2n) is 5.75. The molecule has 1 atom stereocenters. The maximum atomic E-state index is 11.9. The molecule has 1 heterocycles. The van der Waals surface area contributed by atoms with Crippen molar-refractivity contribution in [2.45, 2.75) is 38.3 Å². The molecule has 9 nitrogen and oxygen atoms in total. The Hall–Kier alpha value is -1.97. The van der Waals surface area contributed by atoms with E-state index in [0.717, 1.165) is 0 Å². The molecule has 2 N–H and O–H groups in total. The predicted molar refractivity (Wildman–Crippen MR) is 90.3 cm³/mol. The minimum absolute atomic E-state index is 0.258. The van der Waals surface area contributed by atoms with E-state index in [4.69, 9.17) is 0 Å². The lowest BCUT2D eigenvalue weighted by atomic mass is 9.94. The number of aromatic nitrogens is 2. The van der Waals surface area contributed by atoms with Crippen molar-refractivity contribution in [2.24, 2.45) is 0 Å². The number of hydrogen-bond donors (Lipinski definition) is 2. The largest absolute Gasteiger partial charge is 0.479 e. The van der Waals surface area contributed by atoms with E-state index >= 15 is 0 Å². The first-order chi connectivity index (χ1) is 11.2. The molecule has 0 aromatic carbocycles. The van der Waals surface area contributed by atoms with Gasteiger partial charge in [-0.2, -0.15) is 11.8 Å². The molecule has 0 saturated carbocycles. The van der Waals surface area contributed by atoms with Gasteiger partial charge in [-0.25, -0.2) is 14.4 Å². The molecule has 10 heteroatoms. The van der Waals surface area contributed by atoms with E-state index in [1.807, 2.05) is 0 Å². The smallest absolute Gasteiger partial charge is 0.441 e. The summed E-state index contributed by atoms with van der Waals surface area (Å²) in [6, 6.07) is -0.447. The number of hydrogen-bond acceptors (Lipinski definition) is 6. The molecule has 0 aliphatic rings. The zero-order valence-electron chi connectivity index (χ0n) is 14.4. The van der Waals surface area contributed by atoms with Crippen molar-refractivity contribution in [1.29, 1.82) is 0 Å². The minimum atomic E-state index is -1.34. The van der Waals surface area contributed by atoms with Crippen molar-refractivity contribution in [3.05, 3.63) is 16.4 Å². The number of aliphatic carboxylic acids is 1. The highest BCUT2D eigenvalue weighted by atomic mass is 32.2. The van der Waals surface area contributed by atoms with Crippen LogP contribution in [0.1, 0.15) is 25.1 Å². The zero-order chi connectivity index (χ0) is 18.3. The fraction of sp³-hybridized carbons (Fsp3) is 0.714. The summed E-state index contributed by atoms with van der Waals surface area (Å²) in [5, 5.41) is 15.8. The zero-order valence-corrected chi connectivity index (χ0v) is 15.2. The van der Waals surface area contributed by atoms with Gasteiger partial charge < -0.3 is 15.3 Å². The molecule has 24 heavy (non-hydrogen) atoms. The molecule has 0 aliphatic heterocycles. The van der Waals surface area contributed by atoms with E-state index in [2.05, 4.69) is 15.0 Å². The van der Waals surface area contributed by atoms with Crippen LogP contribution in [-0.2, 0) is 11.3 Å². The lowest BCUT2D eigenvalue weighted by molar-refractivity contribution is -0.143. The summed E-state index contributed by atoms with van der Waals surface area (Å²) < 4.78 is 5.94. The number of nitrogens with zero attached hydrogens (tertiary/aromatic N) is 3. The van der Waals surface area contributed by atoms with E-state index in [1.165, 1.54) is 21.2 Å². The first-order valence-corrected chi connectivity index (χ1v) is 8.88. The van der Waals surface area contributed by atoms with Crippen molar-refractivity contribution in [3.63, 3.8) is 0 Å². The average Bonchev–Trinajstić information content (AvgIpc) is 2.82. The molecule has 0 aliphatic carbocycles. The lowest BCUT2D eigenvalue weighted by Crippen LogP contribution is -2.58. The fourth-order valence-electron chi connectivity index (χ4n) is 2.24. The summed E-state index contributed by atoms with van der Waals surface area (Å²) in [7, 11) is 3.12. The van der Waals surface area contributed by atoms with E-state index in [9.17, 15) is 19.5 Å². The number of urea groups is 1. The summed E-state index contributed by atoms with van der Waals surface area (Å²) in [5.74, 6) is -0.851. The van der Waals surface area contributed by atoms with Gasteiger partial charge in [-0.3, -0.25) is 9.09 Å². The number of aryl methyl sites for hydroxylation is 1. The van der Waals surface area contributed by atoms with Gasteiger partial charge in [-0.05, 0) is 32.4 Å². The SMILES string of the molecule is CSC[C@@](CCCCn1c(C)noc1=O)(NC(=O)N(C)C)C(=O)O. The summed E-state index contributed by atoms with van der Waals surface area (Å²) >= 11 is 1.36. The first kappa shape index (κ1) is 20.1. The third-order valence-corrected chi connectivity index (χ3v) is 4.44. The van der Waals surface area contributed by atoms with Gasteiger partial charge in [0, 0.05) is 26.4 Å². The predicted octanol–water partition coefficient (Wildman–Crippen LogP) is 0.773. The summed E-state index contributed by atoms with van der Waals surface area (Å²) in [4.78, 5) is 36.4. The normalized spacial score (nSPS) is 13.3. The minimum Gasteiger partial charge on any atom is -0.479 e. The van der Waals surface area contributed by atoms with Crippen LogP contribution >= 0.6 is 11.8 Å². The second kappa shape index (κ2) is 8.76. The van der Waals surface area contributed by atoms with Crippen LogP contribution in [0.2, 0.25) is 0 Å². The maximum absolute atomic E-state index is 11.9. The third-order valence-electron chi connectivity index (χ3n) is 3.65. The number of carboxylic acids is 1. The van der Waals surface area contributed by atoms with E-state index in [1.54, 1.807) is 27.3 Å². The van der Waals surface area contributed by atoms with Crippen LogP contribution in [0.4, 0.5) is 4.79 Å². The molecule has 0 saturated heterocycles. The Kier molecular flexibility index (Phi) is 7.33. The second-order valence-corrected chi connectivity index (χ2v) is 6.62. The van der Waals surface area contributed by atoms with Crippen LogP contribution in [0.5, 0.6) is 0 Å². The van der Waals surface area contributed by atoms with Crippen molar-refractivity contribution >= 4 is 23.8 Å². The molecule has 1 rings (SSSR count). The third kappa shape index (κ3) is 5.02. The van der Waals surface area contributed by atoms with E-state index in [0.29, 0.717) is 25.2 Å². The van der Waals surface area contributed by atoms with Crippen LogP contribution in [0.3, 0.4) is 0 Å². The molecule has 0 bridgehead atoms. The molecule has 2 amide bonds. The highest BCUT2D eigenvalue weighted by Crippen LogP contribution is 2.20. The van der Waals surface area contributed by atoms with Gasteiger partial charge in [-0.1, -0.05) is 5.16 Å². The standard InChI is InChI=1S/C14H24N4O5S/c1-10-16-23-13(22)18(10)8-6-5-7-14(9-24-4,11(19)20)15-12(21)17(2)3/h5-9H2,1-4H3,(H,15,21)(H,19,20)/t14-/m1/s1. The summed E-state index contributed by atoms with van der Waals surface area (Å²) in [5.41, 5.74) is -1.34. The van der Waals surface area contributed by atoms with Crippen molar-refractivity contribution in [1.82, 2.24) is 19.9 Å².